The van der Waals surface area contributed by atoms with Crippen LogP contribution in [0.5, 0.6) is 0 Å². The van der Waals surface area contributed by atoms with Crippen LogP contribution in [0.1, 0.15) is 48.6 Å². The molecule has 1 atom stereocenters. The number of aliphatic hydroxyl groups is 1. The first-order valence-electron chi connectivity index (χ1n) is 7.44. The lowest BCUT2D eigenvalue weighted by atomic mass is 9.76. The first kappa shape index (κ1) is 13.4. The third-order valence-electron chi connectivity index (χ3n) is 4.64. The Morgan fingerprint density at radius 2 is 1.65 bits per heavy atom. The van der Waals surface area contributed by atoms with E-state index in [1.807, 2.05) is 18.2 Å². The summed E-state index contributed by atoms with van der Waals surface area (Å²) in [5, 5.41) is 10.8. The van der Waals surface area contributed by atoms with Crippen LogP contribution < -0.4 is 0 Å². The summed E-state index contributed by atoms with van der Waals surface area (Å²) in [5.41, 5.74) is 4.81. The van der Waals surface area contributed by atoms with E-state index in [2.05, 4.69) is 44.2 Å². The van der Waals surface area contributed by atoms with Crippen LogP contribution in [0.2, 0.25) is 0 Å². The predicted molar refractivity (Wildman–Crippen MR) is 82.9 cm³/mol. The van der Waals surface area contributed by atoms with Crippen molar-refractivity contribution in [2.45, 2.75) is 44.6 Å². The number of aryl methyl sites for hydroxylation is 2. The predicted octanol–water partition coefficient (Wildman–Crippen LogP) is 4.19. The Hall–Kier alpha value is -1.60. The molecule has 104 valence electrons. The van der Waals surface area contributed by atoms with Crippen molar-refractivity contribution in [3.63, 3.8) is 0 Å². The molecule has 0 aliphatic heterocycles. The third-order valence-corrected chi connectivity index (χ3v) is 4.64. The molecule has 2 aromatic carbocycles. The van der Waals surface area contributed by atoms with Crippen molar-refractivity contribution in [3.05, 3.63) is 70.8 Å². The Kier molecular flexibility index (Phi) is 3.39. The summed E-state index contributed by atoms with van der Waals surface area (Å²) in [5.74, 6) is 0. The molecule has 0 spiro atoms. The SMILES string of the molecule is CC(C)(c1ccccc1)C(O)c1ccc2c(c1)CCC2. The molecule has 1 N–H and O–H groups in total. The highest BCUT2D eigenvalue weighted by Gasteiger charge is 2.31. The van der Waals surface area contributed by atoms with Crippen molar-refractivity contribution < 1.29 is 5.11 Å². The second-order valence-corrected chi connectivity index (χ2v) is 6.37. The average Bonchev–Trinajstić information content (AvgIpc) is 2.94. The maximum atomic E-state index is 10.8. The normalized spacial score (nSPS) is 15.9. The molecular weight excluding hydrogens is 244 g/mol. The van der Waals surface area contributed by atoms with Crippen LogP contribution in [0.15, 0.2) is 48.5 Å². The highest BCUT2D eigenvalue weighted by atomic mass is 16.3. The molecule has 0 aromatic heterocycles. The van der Waals surface area contributed by atoms with E-state index in [9.17, 15) is 5.11 Å². The molecule has 20 heavy (non-hydrogen) atoms. The van der Waals surface area contributed by atoms with Gasteiger partial charge in [0.25, 0.3) is 0 Å². The molecule has 1 aliphatic carbocycles. The van der Waals surface area contributed by atoms with Gasteiger partial charge < -0.3 is 5.11 Å². The van der Waals surface area contributed by atoms with Crippen LogP contribution in [-0.2, 0) is 18.3 Å². The molecular formula is C19H22O. The second-order valence-electron chi connectivity index (χ2n) is 6.37. The summed E-state index contributed by atoms with van der Waals surface area (Å²) < 4.78 is 0. The maximum Gasteiger partial charge on any atom is 0.0881 e. The third kappa shape index (κ3) is 2.27. The van der Waals surface area contributed by atoms with Crippen LogP contribution in [0.25, 0.3) is 0 Å². The van der Waals surface area contributed by atoms with E-state index < -0.39 is 6.10 Å². The molecule has 1 heteroatoms. The fourth-order valence-corrected chi connectivity index (χ4v) is 3.20. The average molecular weight is 266 g/mol. The molecule has 1 unspecified atom stereocenters. The fourth-order valence-electron chi connectivity index (χ4n) is 3.20. The van der Waals surface area contributed by atoms with E-state index in [1.54, 1.807) is 0 Å². The zero-order chi connectivity index (χ0) is 14.2. The van der Waals surface area contributed by atoms with Gasteiger partial charge in [0, 0.05) is 5.41 Å². The van der Waals surface area contributed by atoms with Gasteiger partial charge in [-0.1, -0.05) is 62.4 Å². The van der Waals surface area contributed by atoms with Gasteiger partial charge in [0.1, 0.15) is 0 Å². The van der Waals surface area contributed by atoms with E-state index in [0.717, 1.165) is 12.0 Å². The van der Waals surface area contributed by atoms with Crippen LogP contribution in [0.3, 0.4) is 0 Å². The number of hydrogen-bond acceptors (Lipinski definition) is 1. The second kappa shape index (κ2) is 5.06. The largest absolute Gasteiger partial charge is 0.388 e. The van der Waals surface area contributed by atoms with Crippen molar-refractivity contribution >= 4 is 0 Å². The quantitative estimate of drug-likeness (QED) is 0.883. The molecule has 1 aliphatic rings. The molecule has 3 rings (SSSR count). The monoisotopic (exact) mass is 266 g/mol. The minimum absolute atomic E-state index is 0.284. The Balaban J connectivity index is 1.94. The number of fused-ring (bicyclic) bond motifs is 1. The molecule has 0 radical (unpaired) electrons. The summed E-state index contributed by atoms with van der Waals surface area (Å²) in [4.78, 5) is 0. The van der Waals surface area contributed by atoms with E-state index >= 15 is 0 Å². The van der Waals surface area contributed by atoms with Gasteiger partial charge in [-0.3, -0.25) is 0 Å². The molecule has 0 amide bonds. The van der Waals surface area contributed by atoms with Crippen molar-refractivity contribution in [3.8, 4) is 0 Å². The van der Waals surface area contributed by atoms with Gasteiger partial charge >= 0.3 is 0 Å². The zero-order valence-corrected chi connectivity index (χ0v) is 12.3. The maximum absolute atomic E-state index is 10.8. The molecule has 0 bridgehead atoms. The lowest BCUT2D eigenvalue weighted by Crippen LogP contribution is -2.26. The van der Waals surface area contributed by atoms with Gasteiger partial charge in [-0.05, 0) is 41.5 Å². The first-order chi connectivity index (χ1) is 9.59. The van der Waals surface area contributed by atoms with E-state index in [0.29, 0.717) is 0 Å². The van der Waals surface area contributed by atoms with Crippen LogP contribution in [0, 0.1) is 0 Å². The van der Waals surface area contributed by atoms with Gasteiger partial charge in [-0.15, -0.1) is 0 Å². The summed E-state index contributed by atoms with van der Waals surface area (Å²) >= 11 is 0. The number of hydrogen-bond donors (Lipinski definition) is 1. The highest BCUT2D eigenvalue weighted by molar-refractivity contribution is 5.38. The smallest absolute Gasteiger partial charge is 0.0881 e. The minimum atomic E-state index is -0.476. The lowest BCUT2D eigenvalue weighted by Gasteiger charge is -2.31. The van der Waals surface area contributed by atoms with Crippen LogP contribution in [-0.4, -0.2) is 5.11 Å². The van der Waals surface area contributed by atoms with Gasteiger partial charge in [0.2, 0.25) is 0 Å². The Morgan fingerprint density at radius 3 is 2.40 bits per heavy atom. The summed E-state index contributed by atoms with van der Waals surface area (Å²) in [6, 6.07) is 16.8. The van der Waals surface area contributed by atoms with E-state index in [4.69, 9.17) is 0 Å². The molecule has 0 fully saturated rings. The van der Waals surface area contributed by atoms with Crippen LogP contribution >= 0.6 is 0 Å². The molecule has 0 saturated carbocycles. The minimum Gasteiger partial charge on any atom is -0.388 e. The highest BCUT2D eigenvalue weighted by Crippen LogP contribution is 2.38. The Labute approximate surface area is 121 Å². The van der Waals surface area contributed by atoms with Crippen molar-refractivity contribution in [1.29, 1.82) is 0 Å². The number of benzene rings is 2. The van der Waals surface area contributed by atoms with Crippen molar-refractivity contribution in [2.75, 3.05) is 0 Å². The molecule has 0 heterocycles. The summed E-state index contributed by atoms with van der Waals surface area (Å²) in [6.07, 6.45) is 3.11. The molecule has 2 aromatic rings. The molecule has 0 saturated heterocycles. The van der Waals surface area contributed by atoms with Crippen molar-refractivity contribution in [1.82, 2.24) is 0 Å². The zero-order valence-electron chi connectivity index (χ0n) is 12.3. The van der Waals surface area contributed by atoms with Gasteiger partial charge in [0.05, 0.1) is 6.10 Å². The number of aliphatic hydroxyl groups excluding tert-OH is 1. The Morgan fingerprint density at radius 1 is 0.950 bits per heavy atom. The number of rotatable bonds is 3. The van der Waals surface area contributed by atoms with E-state index in [-0.39, 0.29) is 5.41 Å². The Bertz CT molecular complexity index is 598. The summed E-state index contributed by atoms with van der Waals surface area (Å²) in [7, 11) is 0. The van der Waals surface area contributed by atoms with Gasteiger partial charge in [-0.25, -0.2) is 0 Å². The van der Waals surface area contributed by atoms with Gasteiger partial charge in [0.15, 0.2) is 0 Å². The first-order valence-corrected chi connectivity index (χ1v) is 7.44. The van der Waals surface area contributed by atoms with Gasteiger partial charge in [-0.2, -0.15) is 0 Å². The lowest BCUT2D eigenvalue weighted by molar-refractivity contribution is 0.100. The van der Waals surface area contributed by atoms with Crippen molar-refractivity contribution in [2.24, 2.45) is 0 Å². The topological polar surface area (TPSA) is 20.2 Å². The molecule has 1 nitrogen and oxygen atoms in total. The standard InChI is InChI=1S/C19H22O/c1-19(2,17-9-4-3-5-10-17)18(20)16-12-11-14-7-6-8-15(14)13-16/h3-5,9-13,18,20H,6-8H2,1-2H3. The van der Waals surface area contributed by atoms with E-state index in [1.165, 1.54) is 29.5 Å². The summed E-state index contributed by atoms with van der Waals surface area (Å²) in [6.45, 7) is 4.22. The van der Waals surface area contributed by atoms with Crippen LogP contribution in [0.4, 0.5) is 0 Å². The fraction of sp³-hybridized carbons (Fsp3) is 0.368.